The third kappa shape index (κ3) is 2.52. The molecule has 0 N–H and O–H groups in total. The SMILES string of the molecule is CC1CCCC(c2ccc(F)cc2Cl)C1. The van der Waals surface area contributed by atoms with Gasteiger partial charge in [0.2, 0.25) is 0 Å². The van der Waals surface area contributed by atoms with Crippen LogP contribution in [0.4, 0.5) is 4.39 Å². The van der Waals surface area contributed by atoms with Crippen LogP contribution in [-0.4, -0.2) is 0 Å². The molecule has 1 saturated carbocycles. The Labute approximate surface area is 95.4 Å². The molecule has 1 aromatic rings. The summed E-state index contributed by atoms with van der Waals surface area (Å²) in [7, 11) is 0. The summed E-state index contributed by atoms with van der Waals surface area (Å²) in [6.07, 6.45) is 4.95. The zero-order valence-electron chi connectivity index (χ0n) is 8.97. The first-order valence-electron chi connectivity index (χ1n) is 5.62. The Hall–Kier alpha value is -0.560. The van der Waals surface area contributed by atoms with Gasteiger partial charge in [-0.1, -0.05) is 37.4 Å². The van der Waals surface area contributed by atoms with E-state index in [9.17, 15) is 4.39 Å². The monoisotopic (exact) mass is 226 g/mol. The number of benzene rings is 1. The fraction of sp³-hybridized carbons (Fsp3) is 0.538. The molecule has 82 valence electrons. The fourth-order valence-corrected chi connectivity index (χ4v) is 2.87. The van der Waals surface area contributed by atoms with Crippen LogP contribution in [0.25, 0.3) is 0 Å². The first-order valence-corrected chi connectivity index (χ1v) is 5.99. The molecular formula is C13H16ClF. The quantitative estimate of drug-likeness (QED) is 0.647. The van der Waals surface area contributed by atoms with Crippen LogP contribution in [0, 0.1) is 11.7 Å². The molecule has 1 aliphatic rings. The summed E-state index contributed by atoms with van der Waals surface area (Å²) < 4.78 is 12.9. The van der Waals surface area contributed by atoms with Gasteiger partial charge in [-0.2, -0.15) is 0 Å². The van der Waals surface area contributed by atoms with Gasteiger partial charge < -0.3 is 0 Å². The zero-order valence-corrected chi connectivity index (χ0v) is 9.73. The molecule has 1 fully saturated rings. The van der Waals surface area contributed by atoms with E-state index in [0.29, 0.717) is 10.9 Å². The molecule has 2 unspecified atom stereocenters. The topological polar surface area (TPSA) is 0 Å². The van der Waals surface area contributed by atoms with Crippen molar-refractivity contribution in [2.75, 3.05) is 0 Å². The highest BCUT2D eigenvalue weighted by Gasteiger charge is 2.22. The second kappa shape index (κ2) is 4.52. The summed E-state index contributed by atoms with van der Waals surface area (Å²) >= 11 is 6.07. The Kier molecular flexibility index (Phi) is 3.30. The minimum absolute atomic E-state index is 0.243. The molecule has 1 aliphatic carbocycles. The van der Waals surface area contributed by atoms with Crippen LogP contribution in [0.5, 0.6) is 0 Å². The van der Waals surface area contributed by atoms with Gasteiger partial charge in [0.05, 0.1) is 0 Å². The van der Waals surface area contributed by atoms with Crippen molar-refractivity contribution in [2.24, 2.45) is 5.92 Å². The second-order valence-electron chi connectivity index (χ2n) is 4.63. The minimum atomic E-state index is -0.243. The van der Waals surface area contributed by atoms with E-state index in [1.165, 1.54) is 37.8 Å². The van der Waals surface area contributed by atoms with Crippen molar-refractivity contribution in [2.45, 2.75) is 38.5 Å². The van der Waals surface area contributed by atoms with Crippen molar-refractivity contribution in [3.63, 3.8) is 0 Å². The summed E-state index contributed by atoms with van der Waals surface area (Å²) in [5.74, 6) is 1.05. The lowest BCUT2D eigenvalue weighted by atomic mass is 9.79. The highest BCUT2D eigenvalue weighted by molar-refractivity contribution is 6.31. The molecule has 15 heavy (non-hydrogen) atoms. The average Bonchev–Trinajstić information content (AvgIpc) is 2.17. The highest BCUT2D eigenvalue weighted by Crippen LogP contribution is 2.38. The van der Waals surface area contributed by atoms with Gasteiger partial charge in [0.1, 0.15) is 5.82 Å². The van der Waals surface area contributed by atoms with Gasteiger partial charge in [0.15, 0.2) is 0 Å². The van der Waals surface area contributed by atoms with E-state index in [1.54, 1.807) is 0 Å². The van der Waals surface area contributed by atoms with Crippen molar-refractivity contribution in [3.8, 4) is 0 Å². The lowest BCUT2D eigenvalue weighted by molar-refractivity contribution is 0.344. The molecule has 0 aliphatic heterocycles. The van der Waals surface area contributed by atoms with Crippen LogP contribution in [0.1, 0.15) is 44.1 Å². The Morgan fingerprint density at radius 1 is 1.33 bits per heavy atom. The Balaban J connectivity index is 2.21. The largest absolute Gasteiger partial charge is 0.207 e. The van der Waals surface area contributed by atoms with Gasteiger partial charge in [-0.05, 0) is 42.4 Å². The van der Waals surface area contributed by atoms with Crippen LogP contribution < -0.4 is 0 Å². The molecule has 0 bridgehead atoms. The van der Waals surface area contributed by atoms with E-state index in [0.717, 1.165) is 11.5 Å². The van der Waals surface area contributed by atoms with Crippen molar-refractivity contribution in [1.29, 1.82) is 0 Å². The number of hydrogen-bond acceptors (Lipinski definition) is 0. The van der Waals surface area contributed by atoms with Crippen LogP contribution in [0.2, 0.25) is 5.02 Å². The molecule has 0 nitrogen and oxygen atoms in total. The lowest BCUT2D eigenvalue weighted by Crippen LogP contribution is -2.12. The molecule has 2 rings (SSSR count). The summed E-state index contributed by atoms with van der Waals surface area (Å²) in [6.45, 7) is 2.28. The van der Waals surface area contributed by atoms with Gasteiger partial charge in [-0.25, -0.2) is 4.39 Å². The first kappa shape index (κ1) is 10.9. The smallest absolute Gasteiger partial charge is 0.124 e. The molecule has 1 aromatic carbocycles. The van der Waals surface area contributed by atoms with E-state index >= 15 is 0 Å². The predicted octanol–water partition coefficient (Wildman–Crippen LogP) is 4.77. The molecule has 0 spiro atoms. The molecular weight excluding hydrogens is 211 g/mol. The summed E-state index contributed by atoms with van der Waals surface area (Å²) in [4.78, 5) is 0. The highest BCUT2D eigenvalue weighted by atomic mass is 35.5. The maximum atomic E-state index is 12.9. The summed E-state index contributed by atoms with van der Waals surface area (Å²) in [5.41, 5.74) is 1.13. The maximum Gasteiger partial charge on any atom is 0.124 e. The number of halogens is 2. The fourth-order valence-electron chi connectivity index (χ4n) is 2.55. The van der Waals surface area contributed by atoms with Crippen LogP contribution >= 0.6 is 11.6 Å². The van der Waals surface area contributed by atoms with Crippen molar-refractivity contribution in [1.82, 2.24) is 0 Å². The molecule has 0 saturated heterocycles. The Morgan fingerprint density at radius 2 is 2.13 bits per heavy atom. The third-order valence-electron chi connectivity index (χ3n) is 3.34. The van der Waals surface area contributed by atoms with Gasteiger partial charge in [0, 0.05) is 5.02 Å². The van der Waals surface area contributed by atoms with Crippen molar-refractivity contribution >= 4 is 11.6 Å². The first-order chi connectivity index (χ1) is 7.16. The summed E-state index contributed by atoms with van der Waals surface area (Å²) in [5, 5.41) is 0.592. The zero-order chi connectivity index (χ0) is 10.8. The van der Waals surface area contributed by atoms with Crippen molar-refractivity contribution in [3.05, 3.63) is 34.6 Å². The average molecular weight is 227 g/mol. The predicted molar refractivity (Wildman–Crippen MR) is 61.8 cm³/mol. The second-order valence-corrected chi connectivity index (χ2v) is 5.04. The molecule has 0 amide bonds. The van der Waals surface area contributed by atoms with E-state index in [4.69, 9.17) is 11.6 Å². The molecule has 0 radical (unpaired) electrons. The van der Waals surface area contributed by atoms with E-state index in [-0.39, 0.29) is 5.82 Å². The lowest BCUT2D eigenvalue weighted by Gasteiger charge is -2.27. The standard InChI is InChI=1S/C13H16ClF/c1-9-3-2-4-10(7-9)12-6-5-11(15)8-13(12)14/h5-6,8-10H,2-4,7H2,1H3. The van der Waals surface area contributed by atoms with E-state index in [1.807, 2.05) is 6.07 Å². The van der Waals surface area contributed by atoms with Crippen LogP contribution in [0.3, 0.4) is 0 Å². The van der Waals surface area contributed by atoms with Crippen LogP contribution in [-0.2, 0) is 0 Å². The number of hydrogen-bond donors (Lipinski definition) is 0. The van der Waals surface area contributed by atoms with E-state index in [2.05, 4.69) is 6.92 Å². The van der Waals surface area contributed by atoms with Gasteiger partial charge in [0.25, 0.3) is 0 Å². The minimum Gasteiger partial charge on any atom is -0.207 e. The molecule has 0 heterocycles. The van der Waals surface area contributed by atoms with Gasteiger partial charge >= 0.3 is 0 Å². The van der Waals surface area contributed by atoms with Crippen LogP contribution in [0.15, 0.2) is 18.2 Å². The summed E-state index contributed by atoms with van der Waals surface area (Å²) in [6, 6.07) is 4.79. The Bertz CT molecular complexity index is 348. The van der Waals surface area contributed by atoms with Gasteiger partial charge in [-0.3, -0.25) is 0 Å². The normalized spacial score (nSPS) is 26.6. The molecule has 2 heteroatoms. The van der Waals surface area contributed by atoms with Gasteiger partial charge in [-0.15, -0.1) is 0 Å². The van der Waals surface area contributed by atoms with E-state index < -0.39 is 0 Å². The maximum absolute atomic E-state index is 12.9. The Morgan fingerprint density at radius 3 is 2.80 bits per heavy atom. The molecule has 2 atom stereocenters. The number of rotatable bonds is 1. The molecule has 0 aromatic heterocycles. The van der Waals surface area contributed by atoms with Crippen molar-refractivity contribution < 1.29 is 4.39 Å². The third-order valence-corrected chi connectivity index (χ3v) is 3.67.